The highest BCUT2D eigenvalue weighted by Crippen LogP contribution is 2.29. The second-order valence-corrected chi connectivity index (χ2v) is 8.08. The Hall–Kier alpha value is -4.05. The van der Waals surface area contributed by atoms with E-state index in [1.54, 1.807) is 24.3 Å². The molecule has 10 heteroatoms. The molecule has 0 atom stereocenters. The van der Waals surface area contributed by atoms with E-state index in [1.165, 1.54) is 29.2 Å². The Labute approximate surface area is 204 Å². The lowest BCUT2D eigenvalue weighted by molar-refractivity contribution is -0.137. The molecule has 35 heavy (non-hydrogen) atoms. The van der Waals surface area contributed by atoms with Gasteiger partial charge in [0.25, 0.3) is 5.91 Å². The number of nitrogens with one attached hydrogen (secondary N) is 2. The standard InChI is InChI=1S/C25H20F3N5OS/c1-16-4-2-3-5-21(16)31-23(35)14-22(34)30-19-10-6-17(7-11-19)24-29-15-33(32-24)20-12-8-18(9-13-20)25(26,27)28/h2-15,31,35H,1H3,(H,30,34)/b23-14-. The van der Waals surface area contributed by atoms with Crippen LogP contribution in [0.3, 0.4) is 0 Å². The highest BCUT2D eigenvalue weighted by Gasteiger charge is 2.30. The second-order valence-electron chi connectivity index (χ2n) is 7.59. The highest BCUT2D eigenvalue weighted by atomic mass is 32.1. The third kappa shape index (κ3) is 6.10. The first-order chi connectivity index (χ1) is 16.7. The quantitative estimate of drug-likeness (QED) is 0.224. The molecule has 3 aromatic carbocycles. The normalized spacial score (nSPS) is 11.9. The molecule has 0 aliphatic rings. The van der Waals surface area contributed by atoms with E-state index in [0.29, 0.717) is 27.8 Å². The van der Waals surface area contributed by atoms with E-state index in [4.69, 9.17) is 0 Å². The zero-order chi connectivity index (χ0) is 25.0. The predicted molar refractivity (Wildman–Crippen MR) is 132 cm³/mol. The molecule has 2 N–H and O–H groups in total. The van der Waals surface area contributed by atoms with Gasteiger partial charge in [-0.25, -0.2) is 9.67 Å². The summed E-state index contributed by atoms with van der Waals surface area (Å²) in [6.07, 6.45) is -1.63. The number of benzene rings is 3. The van der Waals surface area contributed by atoms with E-state index >= 15 is 0 Å². The van der Waals surface area contributed by atoms with Crippen LogP contribution < -0.4 is 10.6 Å². The predicted octanol–water partition coefficient (Wildman–Crippen LogP) is 6.08. The minimum absolute atomic E-state index is 0.353. The lowest BCUT2D eigenvalue weighted by Gasteiger charge is -2.09. The number of halogens is 3. The molecule has 0 unspecified atom stereocenters. The van der Waals surface area contributed by atoms with Gasteiger partial charge >= 0.3 is 6.18 Å². The number of alkyl halides is 3. The van der Waals surface area contributed by atoms with Crippen molar-refractivity contribution in [1.29, 1.82) is 0 Å². The number of hydrogen-bond acceptors (Lipinski definition) is 5. The van der Waals surface area contributed by atoms with Crippen molar-refractivity contribution >= 4 is 29.9 Å². The van der Waals surface area contributed by atoms with Gasteiger partial charge in [0.15, 0.2) is 5.82 Å². The SMILES string of the molecule is Cc1ccccc1N/C(S)=C/C(=O)Nc1ccc(-c2ncn(-c3ccc(C(F)(F)F)cc3)n2)cc1. The van der Waals surface area contributed by atoms with Crippen LogP contribution in [0.15, 0.2) is 90.2 Å². The van der Waals surface area contributed by atoms with Crippen molar-refractivity contribution in [2.45, 2.75) is 13.1 Å². The van der Waals surface area contributed by atoms with Crippen molar-refractivity contribution in [3.05, 3.63) is 101 Å². The number of aromatic nitrogens is 3. The zero-order valence-electron chi connectivity index (χ0n) is 18.4. The fourth-order valence-corrected chi connectivity index (χ4v) is 3.45. The molecule has 1 amide bonds. The maximum Gasteiger partial charge on any atom is 0.416 e. The summed E-state index contributed by atoms with van der Waals surface area (Å²) in [7, 11) is 0. The van der Waals surface area contributed by atoms with Crippen LogP contribution in [-0.2, 0) is 11.0 Å². The third-order valence-corrected chi connectivity index (χ3v) is 5.28. The van der Waals surface area contributed by atoms with Crippen LogP contribution in [0.1, 0.15) is 11.1 Å². The monoisotopic (exact) mass is 495 g/mol. The number of carbonyl (C=O) groups is 1. The van der Waals surface area contributed by atoms with Gasteiger partial charge in [0.1, 0.15) is 6.33 Å². The Morgan fingerprint density at radius 3 is 2.31 bits per heavy atom. The number of anilines is 2. The lowest BCUT2D eigenvalue weighted by atomic mass is 10.2. The fourth-order valence-electron chi connectivity index (χ4n) is 3.22. The molecular weight excluding hydrogens is 475 g/mol. The molecule has 0 spiro atoms. The Kier molecular flexibility index (Phi) is 6.92. The smallest absolute Gasteiger partial charge is 0.350 e. The lowest BCUT2D eigenvalue weighted by Crippen LogP contribution is -2.10. The Balaban J connectivity index is 1.40. The molecule has 0 fully saturated rings. The molecular formula is C25H20F3N5OS. The number of hydrogen-bond donors (Lipinski definition) is 3. The molecule has 0 aliphatic carbocycles. The van der Waals surface area contributed by atoms with Crippen molar-refractivity contribution in [3.8, 4) is 17.1 Å². The van der Waals surface area contributed by atoms with Crippen LogP contribution >= 0.6 is 12.6 Å². The van der Waals surface area contributed by atoms with E-state index in [1.807, 2.05) is 31.2 Å². The Bertz CT molecular complexity index is 1360. The Morgan fingerprint density at radius 2 is 1.66 bits per heavy atom. The number of amides is 1. The van der Waals surface area contributed by atoms with Gasteiger partial charge in [0.2, 0.25) is 0 Å². The van der Waals surface area contributed by atoms with E-state index in [9.17, 15) is 18.0 Å². The maximum atomic E-state index is 12.8. The minimum Gasteiger partial charge on any atom is -0.350 e. The molecule has 4 rings (SSSR count). The van der Waals surface area contributed by atoms with Crippen LogP contribution in [0, 0.1) is 6.92 Å². The third-order valence-electron chi connectivity index (χ3n) is 5.04. The molecule has 6 nitrogen and oxygen atoms in total. The fraction of sp³-hybridized carbons (Fsp3) is 0.0800. The number of rotatable bonds is 6. The van der Waals surface area contributed by atoms with Gasteiger partial charge in [-0.2, -0.15) is 13.2 Å². The van der Waals surface area contributed by atoms with E-state index < -0.39 is 11.7 Å². The van der Waals surface area contributed by atoms with Gasteiger partial charge in [0, 0.05) is 23.0 Å². The van der Waals surface area contributed by atoms with Gasteiger partial charge in [-0.15, -0.1) is 17.7 Å². The van der Waals surface area contributed by atoms with Gasteiger partial charge in [-0.05, 0) is 67.1 Å². The molecule has 178 valence electrons. The number of aryl methyl sites for hydroxylation is 1. The number of carbonyl (C=O) groups excluding carboxylic acids is 1. The van der Waals surface area contributed by atoms with Gasteiger partial charge in [-0.1, -0.05) is 18.2 Å². The average Bonchev–Trinajstić information content (AvgIpc) is 3.31. The minimum atomic E-state index is -4.40. The van der Waals surface area contributed by atoms with Crippen molar-refractivity contribution in [1.82, 2.24) is 14.8 Å². The topological polar surface area (TPSA) is 71.8 Å². The summed E-state index contributed by atoms with van der Waals surface area (Å²) in [4.78, 5) is 16.5. The summed E-state index contributed by atoms with van der Waals surface area (Å²) < 4.78 is 39.7. The van der Waals surface area contributed by atoms with Gasteiger partial charge in [0.05, 0.1) is 16.3 Å². The van der Waals surface area contributed by atoms with Crippen molar-refractivity contribution < 1.29 is 18.0 Å². The molecule has 0 bridgehead atoms. The molecule has 0 radical (unpaired) electrons. The first-order valence-corrected chi connectivity index (χ1v) is 10.9. The molecule has 4 aromatic rings. The summed E-state index contributed by atoms with van der Waals surface area (Å²) in [5, 5.41) is 10.6. The largest absolute Gasteiger partial charge is 0.416 e. The molecule has 0 aliphatic heterocycles. The van der Waals surface area contributed by atoms with Crippen LogP contribution in [-0.4, -0.2) is 20.7 Å². The average molecular weight is 496 g/mol. The van der Waals surface area contributed by atoms with Crippen LogP contribution in [0.4, 0.5) is 24.5 Å². The Morgan fingerprint density at radius 1 is 0.971 bits per heavy atom. The van der Waals surface area contributed by atoms with Crippen molar-refractivity contribution in [2.24, 2.45) is 0 Å². The second kappa shape index (κ2) is 10.1. The summed E-state index contributed by atoms with van der Waals surface area (Å²) in [6.45, 7) is 1.95. The van der Waals surface area contributed by atoms with Crippen molar-refractivity contribution in [3.63, 3.8) is 0 Å². The van der Waals surface area contributed by atoms with Gasteiger partial charge in [-0.3, -0.25) is 4.79 Å². The molecule has 1 aromatic heterocycles. The summed E-state index contributed by atoms with van der Waals surface area (Å²) in [5.74, 6) is 0.0382. The van der Waals surface area contributed by atoms with E-state index in [2.05, 4.69) is 33.3 Å². The van der Waals surface area contributed by atoms with Gasteiger partial charge < -0.3 is 10.6 Å². The highest BCUT2D eigenvalue weighted by molar-refractivity contribution is 7.84. The maximum absolute atomic E-state index is 12.8. The summed E-state index contributed by atoms with van der Waals surface area (Å²) in [6, 6.07) is 19.2. The van der Waals surface area contributed by atoms with E-state index in [-0.39, 0.29) is 5.91 Å². The first-order valence-electron chi connectivity index (χ1n) is 10.4. The molecule has 1 heterocycles. The van der Waals surface area contributed by atoms with Crippen molar-refractivity contribution in [2.75, 3.05) is 10.6 Å². The zero-order valence-corrected chi connectivity index (χ0v) is 19.3. The van der Waals surface area contributed by atoms with E-state index in [0.717, 1.165) is 23.4 Å². The number of nitrogens with zero attached hydrogens (tertiary/aromatic N) is 3. The summed E-state index contributed by atoms with van der Waals surface area (Å²) in [5.41, 5.74) is 2.85. The molecule has 0 saturated carbocycles. The molecule has 0 saturated heterocycles. The van der Waals surface area contributed by atoms with Crippen LogP contribution in [0.25, 0.3) is 17.1 Å². The van der Waals surface area contributed by atoms with Crippen LogP contribution in [0.2, 0.25) is 0 Å². The first kappa shape index (κ1) is 24.1. The number of thiol groups is 1. The van der Waals surface area contributed by atoms with Crippen LogP contribution in [0.5, 0.6) is 0 Å². The summed E-state index contributed by atoms with van der Waals surface area (Å²) >= 11 is 4.33. The number of para-hydroxylation sites is 1.